The highest BCUT2D eigenvalue weighted by atomic mass is 35.5. The zero-order valence-corrected chi connectivity index (χ0v) is 16.3. The fourth-order valence-electron chi connectivity index (χ4n) is 2.48. The number of nitrogens with one attached hydrogen (secondary N) is 1. The van der Waals surface area contributed by atoms with Crippen LogP contribution in [0.2, 0.25) is 5.02 Å². The number of amides is 2. The summed E-state index contributed by atoms with van der Waals surface area (Å²) < 4.78 is 10.7. The molecule has 7 heteroatoms. The van der Waals surface area contributed by atoms with Crippen molar-refractivity contribution in [2.75, 3.05) is 20.8 Å². The van der Waals surface area contributed by atoms with Gasteiger partial charge in [-0.15, -0.1) is 0 Å². The van der Waals surface area contributed by atoms with Crippen LogP contribution in [0.25, 0.3) is 0 Å². The van der Waals surface area contributed by atoms with Crippen LogP contribution in [0, 0.1) is 0 Å². The standard InChI is InChI=1S/C20H23ClN2O4/c1-14(20(25)22-2)23(12-15-4-6-16(21)7-5-15)19(24)13-27-18-10-8-17(26-3)9-11-18/h4-11,14H,12-13H2,1-3H3,(H,22,25)/t14-/m0/s1. The van der Waals surface area contributed by atoms with E-state index in [1.165, 1.54) is 11.9 Å². The Bertz CT molecular complexity index is 763. The smallest absolute Gasteiger partial charge is 0.261 e. The molecule has 144 valence electrons. The molecular formula is C20H23ClN2O4. The Hall–Kier alpha value is -2.73. The molecule has 2 amide bonds. The second-order valence-electron chi connectivity index (χ2n) is 5.90. The molecule has 0 aromatic heterocycles. The number of likely N-dealkylation sites (N-methyl/N-ethyl adjacent to an activating group) is 1. The zero-order valence-electron chi connectivity index (χ0n) is 15.6. The SMILES string of the molecule is CNC(=O)[C@H](C)N(Cc1ccc(Cl)cc1)C(=O)COc1ccc(OC)cc1. The molecule has 2 aromatic rings. The molecule has 0 bridgehead atoms. The maximum Gasteiger partial charge on any atom is 0.261 e. The van der Waals surface area contributed by atoms with Crippen LogP contribution in [-0.2, 0) is 16.1 Å². The van der Waals surface area contributed by atoms with Crippen LogP contribution in [0.5, 0.6) is 11.5 Å². The number of methoxy groups -OCH3 is 1. The van der Waals surface area contributed by atoms with Gasteiger partial charge in [0.2, 0.25) is 5.91 Å². The maximum atomic E-state index is 12.7. The van der Waals surface area contributed by atoms with E-state index >= 15 is 0 Å². The highest BCUT2D eigenvalue weighted by Crippen LogP contribution is 2.18. The Labute approximate surface area is 164 Å². The number of benzene rings is 2. The second-order valence-corrected chi connectivity index (χ2v) is 6.34. The van der Waals surface area contributed by atoms with Crippen molar-refractivity contribution in [2.45, 2.75) is 19.5 Å². The third-order valence-corrected chi connectivity index (χ3v) is 4.35. The van der Waals surface area contributed by atoms with Gasteiger partial charge in [0.25, 0.3) is 5.91 Å². The van der Waals surface area contributed by atoms with Gasteiger partial charge in [-0.2, -0.15) is 0 Å². The van der Waals surface area contributed by atoms with Gasteiger partial charge in [-0.05, 0) is 48.9 Å². The first kappa shape index (κ1) is 20.6. The van der Waals surface area contributed by atoms with E-state index in [2.05, 4.69) is 5.32 Å². The fourth-order valence-corrected chi connectivity index (χ4v) is 2.60. The summed E-state index contributed by atoms with van der Waals surface area (Å²) in [5.74, 6) is 0.702. The van der Waals surface area contributed by atoms with Crippen LogP contribution < -0.4 is 14.8 Å². The number of hydrogen-bond acceptors (Lipinski definition) is 4. The van der Waals surface area contributed by atoms with Crippen molar-refractivity contribution >= 4 is 23.4 Å². The quantitative estimate of drug-likeness (QED) is 0.752. The van der Waals surface area contributed by atoms with Crippen molar-refractivity contribution in [1.82, 2.24) is 10.2 Å². The molecule has 1 atom stereocenters. The number of nitrogens with zero attached hydrogens (tertiary/aromatic N) is 1. The van der Waals surface area contributed by atoms with E-state index in [1.807, 2.05) is 12.1 Å². The summed E-state index contributed by atoms with van der Waals surface area (Å²) in [6, 6.07) is 13.4. The number of hydrogen-bond donors (Lipinski definition) is 1. The highest BCUT2D eigenvalue weighted by Gasteiger charge is 2.25. The van der Waals surface area contributed by atoms with E-state index in [-0.39, 0.29) is 25.0 Å². The largest absolute Gasteiger partial charge is 0.497 e. The predicted molar refractivity (Wildman–Crippen MR) is 104 cm³/mol. The van der Waals surface area contributed by atoms with E-state index in [1.54, 1.807) is 50.4 Å². The first-order valence-corrected chi connectivity index (χ1v) is 8.84. The van der Waals surface area contributed by atoms with Crippen LogP contribution in [-0.4, -0.2) is 43.5 Å². The van der Waals surface area contributed by atoms with E-state index in [4.69, 9.17) is 21.1 Å². The Balaban J connectivity index is 2.09. The average molecular weight is 391 g/mol. The van der Waals surface area contributed by atoms with Gasteiger partial charge in [-0.3, -0.25) is 9.59 Å². The van der Waals surface area contributed by atoms with E-state index in [0.29, 0.717) is 16.5 Å². The van der Waals surface area contributed by atoms with Crippen molar-refractivity contribution in [3.05, 3.63) is 59.1 Å². The molecule has 6 nitrogen and oxygen atoms in total. The normalized spacial score (nSPS) is 11.4. The monoisotopic (exact) mass is 390 g/mol. The molecule has 0 saturated heterocycles. The molecule has 0 saturated carbocycles. The third-order valence-electron chi connectivity index (χ3n) is 4.10. The summed E-state index contributed by atoms with van der Waals surface area (Å²) in [5, 5.41) is 3.18. The Kier molecular flexibility index (Phi) is 7.49. The molecule has 0 spiro atoms. The van der Waals surface area contributed by atoms with Crippen molar-refractivity contribution in [1.29, 1.82) is 0 Å². The summed E-state index contributed by atoms with van der Waals surface area (Å²) >= 11 is 5.91. The molecule has 0 radical (unpaired) electrons. The van der Waals surface area contributed by atoms with Crippen molar-refractivity contribution in [2.24, 2.45) is 0 Å². The Morgan fingerprint density at radius 1 is 1.07 bits per heavy atom. The fraction of sp³-hybridized carbons (Fsp3) is 0.300. The lowest BCUT2D eigenvalue weighted by Crippen LogP contribution is -2.48. The molecule has 0 aliphatic carbocycles. The van der Waals surface area contributed by atoms with E-state index < -0.39 is 6.04 Å². The van der Waals surface area contributed by atoms with Crippen LogP contribution in [0.1, 0.15) is 12.5 Å². The highest BCUT2D eigenvalue weighted by molar-refractivity contribution is 6.30. The van der Waals surface area contributed by atoms with Crippen LogP contribution >= 0.6 is 11.6 Å². The lowest BCUT2D eigenvalue weighted by Gasteiger charge is -2.28. The second kappa shape index (κ2) is 9.83. The molecule has 0 aliphatic heterocycles. The topological polar surface area (TPSA) is 67.9 Å². The first-order chi connectivity index (χ1) is 12.9. The third kappa shape index (κ3) is 5.89. The van der Waals surface area contributed by atoms with Gasteiger partial charge >= 0.3 is 0 Å². The van der Waals surface area contributed by atoms with Crippen LogP contribution in [0.15, 0.2) is 48.5 Å². The van der Waals surface area contributed by atoms with E-state index in [9.17, 15) is 9.59 Å². The lowest BCUT2D eigenvalue weighted by molar-refractivity contribution is -0.142. The van der Waals surface area contributed by atoms with Gasteiger partial charge in [0.1, 0.15) is 17.5 Å². The zero-order chi connectivity index (χ0) is 19.8. The summed E-state index contributed by atoms with van der Waals surface area (Å²) in [6.07, 6.45) is 0. The van der Waals surface area contributed by atoms with Gasteiger partial charge in [0, 0.05) is 18.6 Å². The average Bonchev–Trinajstić information content (AvgIpc) is 2.70. The summed E-state index contributed by atoms with van der Waals surface area (Å²) in [5.41, 5.74) is 0.868. The molecule has 0 aliphatic rings. The molecule has 2 aromatic carbocycles. The maximum absolute atomic E-state index is 12.7. The van der Waals surface area contributed by atoms with Gasteiger partial charge in [0.05, 0.1) is 7.11 Å². The lowest BCUT2D eigenvalue weighted by atomic mass is 10.1. The van der Waals surface area contributed by atoms with Gasteiger partial charge in [-0.1, -0.05) is 23.7 Å². The molecule has 1 N–H and O–H groups in total. The van der Waals surface area contributed by atoms with Crippen molar-refractivity contribution in [3.63, 3.8) is 0 Å². The minimum absolute atomic E-state index is 0.179. The summed E-state index contributed by atoms with van der Waals surface area (Å²) in [4.78, 5) is 26.3. The van der Waals surface area contributed by atoms with Crippen molar-refractivity contribution < 1.29 is 19.1 Å². The number of halogens is 1. The van der Waals surface area contributed by atoms with Gasteiger partial charge < -0.3 is 19.7 Å². The molecular weight excluding hydrogens is 368 g/mol. The van der Waals surface area contributed by atoms with Crippen molar-refractivity contribution in [3.8, 4) is 11.5 Å². The minimum Gasteiger partial charge on any atom is -0.497 e. The molecule has 0 unspecified atom stereocenters. The number of ether oxygens (including phenoxy) is 2. The first-order valence-electron chi connectivity index (χ1n) is 8.47. The Morgan fingerprint density at radius 2 is 1.67 bits per heavy atom. The van der Waals surface area contributed by atoms with Crippen LogP contribution in [0.3, 0.4) is 0 Å². The van der Waals surface area contributed by atoms with Crippen LogP contribution in [0.4, 0.5) is 0 Å². The summed E-state index contributed by atoms with van der Waals surface area (Å²) in [7, 11) is 3.12. The summed E-state index contributed by atoms with van der Waals surface area (Å²) in [6.45, 7) is 1.78. The number of rotatable bonds is 8. The van der Waals surface area contributed by atoms with E-state index in [0.717, 1.165) is 5.56 Å². The van der Waals surface area contributed by atoms with Gasteiger partial charge in [-0.25, -0.2) is 0 Å². The molecule has 0 heterocycles. The Morgan fingerprint density at radius 3 is 2.22 bits per heavy atom. The number of carbonyl (C=O) groups is 2. The predicted octanol–water partition coefficient (Wildman–Crippen LogP) is 2.89. The van der Waals surface area contributed by atoms with Gasteiger partial charge in [0.15, 0.2) is 6.61 Å². The molecule has 2 rings (SSSR count). The number of carbonyl (C=O) groups excluding carboxylic acids is 2. The molecule has 27 heavy (non-hydrogen) atoms. The molecule has 0 fully saturated rings. The minimum atomic E-state index is -0.641.